The maximum absolute atomic E-state index is 6.45. The number of benzene rings is 2. The molecule has 0 saturated heterocycles. The van der Waals surface area contributed by atoms with Gasteiger partial charge >= 0.3 is 0 Å². The van der Waals surface area contributed by atoms with Gasteiger partial charge in [0.2, 0.25) is 0 Å². The van der Waals surface area contributed by atoms with Crippen molar-refractivity contribution in [1.29, 1.82) is 0 Å². The predicted molar refractivity (Wildman–Crippen MR) is 84.0 cm³/mol. The third kappa shape index (κ3) is 2.28. The minimum atomic E-state index is -0.229. The number of hydrogen-bond donors (Lipinski definition) is 1. The second kappa shape index (κ2) is 5.23. The molecule has 0 fully saturated rings. The number of hydrogen-bond acceptors (Lipinski definition) is 2. The zero-order valence-electron chi connectivity index (χ0n) is 11.2. The smallest absolute Gasteiger partial charge is 0.0753 e. The molecule has 1 aromatic heterocycles. The molecule has 0 saturated carbocycles. The third-order valence-electron chi connectivity index (χ3n) is 3.58. The molecule has 1 heterocycles. The van der Waals surface area contributed by atoms with E-state index >= 15 is 0 Å². The van der Waals surface area contributed by atoms with E-state index in [0.717, 1.165) is 27.6 Å². The minimum absolute atomic E-state index is 0.229. The van der Waals surface area contributed by atoms with Crippen molar-refractivity contribution in [3.05, 3.63) is 76.4 Å². The monoisotopic (exact) mass is 282 g/mol. The van der Waals surface area contributed by atoms with Crippen molar-refractivity contribution >= 4 is 22.5 Å². The van der Waals surface area contributed by atoms with E-state index in [1.165, 1.54) is 0 Å². The quantitative estimate of drug-likeness (QED) is 0.763. The van der Waals surface area contributed by atoms with E-state index in [4.69, 9.17) is 17.3 Å². The highest BCUT2D eigenvalue weighted by atomic mass is 35.5. The van der Waals surface area contributed by atoms with E-state index in [9.17, 15) is 0 Å². The Kier molecular flexibility index (Phi) is 3.43. The van der Waals surface area contributed by atoms with Gasteiger partial charge < -0.3 is 5.73 Å². The van der Waals surface area contributed by atoms with Gasteiger partial charge in [0.05, 0.1) is 11.6 Å². The molecule has 1 atom stereocenters. The lowest BCUT2D eigenvalue weighted by molar-refractivity contribution is 0.867. The first-order valence-electron chi connectivity index (χ1n) is 6.52. The molecule has 0 bridgehead atoms. The SMILES string of the molecule is Cc1ccc(Cl)cc1C(N)c1cccc2cccnc12. The number of nitrogens with zero attached hydrogens (tertiary/aromatic N) is 1. The van der Waals surface area contributed by atoms with Crippen LogP contribution in [0.2, 0.25) is 5.02 Å². The van der Waals surface area contributed by atoms with E-state index in [0.29, 0.717) is 5.02 Å². The fraction of sp³-hybridized carbons (Fsp3) is 0.118. The zero-order chi connectivity index (χ0) is 14.1. The van der Waals surface area contributed by atoms with E-state index in [1.54, 1.807) is 6.20 Å². The summed E-state index contributed by atoms with van der Waals surface area (Å²) in [6.07, 6.45) is 1.80. The van der Waals surface area contributed by atoms with Crippen molar-refractivity contribution in [2.75, 3.05) is 0 Å². The van der Waals surface area contributed by atoms with Gasteiger partial charge in [-0.05, 0) is 41.8 Å². The number of pyridine rings is 1. The molecule has 3 rings (SSSR count). The second-order valence-corrected chi connectivity index (χ2v) is 5.34. The van der Waals surface area contributed by atoms with Crippen LogP contribution in [0, 0.1) is 6.92 Å². The van der Waals surface area contributed by atoms with Gasteiger partial charge in [-0.1, -0.05) is 41.9 Å². The van der Waals surface area contributed by atoms with Gasteiger partial charge in [-0.3, -0.25) is 4.98 Å². The topological polar surface area (TPSA) is 38.9 Å². The highest BCUT2D eigenvalue weighted by Gasteiger charge is 2.15. The summed E-state index contributed by atoms with van der Waals surface area (Å²) in [5.41, 5.74) is 10.6. The minimum Gasteiger partial charge on any atom is -0.320 e. The van der Waals surface area contributed by atoms with Gasteiger partial charge in [0.25, 0.3) is 0 Å². The summed E-state index contributed by atoms with van der Waals surface area (Å²) in [6, 6.07) is 15.6. The number of aryl methyl sites for hydroxylation is 1. The average molecular weight is 283 g/mol. The highest BCUT2D eigenvalue weighted by molar-refractivity contribution is 6.30. The normalized spacial score (nSPS) is 12.6. The third-order valence-corrected chi connectivity index (χ3v) is 3.81. The van der Waals surface area contributed by atoms with Crippen LogP contribution in [0.3, 0.4) is 0 Å². The van der Waals surface area contributed by atoms with E-state index < -0.39 is 0 Å². The van der Waals surface area contributed by atoms with Crippen LogP contribution in [0.25, 0.3) is 10.9 Å². The average Bonchev–Trinajstić information content (AvgIpc) is 2.48. The van der Waals surface area contributed by atoms with Crippen molar-refractivity contribution in [3.8, 4) is 0 Å². The fourth-order valence-electron chi connectivity index (χ4n) is 2.49. The Morgan fingerprint density at radius 1 is 1.05 bits per heavy atom. The van der Waals surface area contributed by atoms with Gasteiger partial charge in [-0.2, -0.15) is 0 Å². The van der Waals surface area contributed by atoms with Crippen LogP contribution in [0.4, 0.5) is 0 Å². The van der Waals surface area contributed by atoms with Gasteiger partial charge in [0.15, 0.2) is 0 Å². The summed E-state index contributed by atoms with van der Waals surface area (Å²) in [7, 11) is 0. The fourth-order valence-corrected chi connectivity index (χ4v) is 2.67. The standard InChI is InChI=1S/C17H15ClN2/c1-11-7-8-13(18)10-15(11)16(19)14-6-2-4-12-5-3-9-20-17(12)14/h2-10,16H,19H2,1H3. The summed E-state index contributed by atoms with van der Waals surface area (Å²) in [5, 5.41) is 1.80. The Morgan fingerprint density at radius 3 is 2.70 bits per heavy atom. The molecule has 0 aliphatic carbocycles. The molecular weight excluding hydrogens is 268 g/mol. The number of nitrogens with two attached hydrogens (primary N) is 1. The summed E-state index contributed by atoms with van der Waals surface area (Å²) >= 11 is 6.10. The molecule has 3 heteroatoms. The van der Waals surface area contributed by atoms with Gasteiger partial charge in [0.1, 0.15) is 0 Å². The number of rotatable bonds is 2. The number of halogens is 1. The Bertz CT molecular complexity index is 763. The maximum atomic E-state index is 6.45. The van der Waals surface area contributed by atoms with Gasteiger partial charge in [0, 0.05) is 16.6 Å². The second-order valence-electron chi connectivity index (χ2n) is 4.90. The molecular formula is C17H15ClN2. The van der Waals surface area contributed by atoms with Crippen LogP contribution < -0.4 is 5.73 Å². The molecule has 0 amide bonds. The first-order valence-corrected chi connectivity index (χ1v) is 6.90. The number of aromatic nitrogens is 1. The molecule has 2 N–H and O–H groups in total. The lowest BCUT2D eigenvalue weighted by Gasteiger charge is -2.17. The van der Waals surface area contributed by atoms with Crippen molar-refractivity contribution in [2.45, 2.75) is 13.0 Å². The van der Waals surface area contributed by atoms with Gasteiger partial charge in [-0.15, -0.1) is 0 Å². The van der Waals surface area contributed by atoms with Crippen LogP contribution >= 0.6 is 11.6 Å². The molecule has 100 valence electrons. The maximum Gasteiger partial charge on any atom is 0.0753 e. The van der Waals surface area contributed by atoms with Gasteiger partial charge in [-0.25, -0.2) is 0 Å². The number of fused-ring (bicyclic) bond motifs is 1. The van der Waals surface area contributed by atoms with E-state index in [-0.39, 0.29) is 6.04 Å². The molecule has 2 aromatic carbocycles. The Labute approximate surface area is 123 Å². The van der Waals surface area contributed by atoms with Crippen LogP contribution in [-0.4, -0.2) is 4.98 Å². The van der Waals surface area contributed by atoms with Crippen molar-refractivity contribution < 1.29 is 0 Å². The first-order chi connectivity index (χ1) is 9.66. The van der Waals surface area contributed by atoms with Crippen LogP contribution in [0.15, 0.2) is 54.7 Å². The molecule has 1 unspecified atom stereocenters. The summed E-state index contributed by atoms with van der Waals surface area (Å²) in [4.78, 5) is 4.47. The van der Waals surface area contributed by atoms with E-state index in [1.807, 2.05) is 55.5 Å². The first kappa shape index (κ1) is 13.1. The summed E-state index contributed by atoms with van der Waals surface area (Å²) < 4.78 is 0. The van der Waals surface area contributed by atoms with Crippen molar-refractivity contribution in [3.63, 3.8) is 0 Å². The number of para-hydroxylation sites is 1. The predicted octanol–water partition coefficient (Wildman–Crippen LogP) is 4.24. The summed E-state index contributed by atoms with van der Waals surface area (Å²) in [6.45, 7) is 2.05. The Balaban J connectivity index is 2.17. The molecule has 0 aliphatic rings. The largest absolute Gasteiger partial charge is 0.320 e. The van der Waals surface area contributed by atoms with Crippen molar-refractivity contribution in [1.82, 2.24) is 4.98 Å². The highest BCUT2D eigenvalue weighted by Crippen LogP contribution is 2.29. The Hall–Kier alpha value is -1.90. The van der Waals surface area contributed by atoms with Crippen LogP contribution in [0.5, 0.6) is 0 Å². The van der Waals surface area contributed by atoms with Crippen LogP contribution in [-0.2, 0) is 0 Å². The molecule has 0 spiro atoms. The molecule has 3 aromatic rings. The van der Waals surface area contributed by atoms with Crippen LogP contribution in [0.1, 0.15) is 22.7 Å². The lowest BCUT2D eigenvalue weighted by Crippen LogP contribution is -2.14. The Morgan fingerprint density at radius 2 is 1.85 bits per heavy atom. The molecule has 2 nitrogen and oxygen atoms in total. The molecule has 0 aliphatic heterocycles. The molecule has 20 heavy (non-hydrogen) atoms. The van der Waals surface area contributed by atoms with Crippen molar-refractivity contribution in [2.24, 2.45) is 5.73 Å². The van der Waals surface area contributed by atoms with E-state index in [2.05, 4.69) is 4.98 Å². The molecule has 0 radical (unpaired) electrons. The lowest BCUT2D eigenvalue weighted by atomic mass is 9.94. The summed E-state index contributed by atoms with van der Waals surface area (Å²) in [5.74, 6) is 0. The zero-order valence-corrected chi connectivity index (χ0v) is 11.9.